The van der Waals surface area contributed by atoms with Crippen molar-refractivity contribution in [1.29, 1.82) is 0 Å². The molecule has 1 saturated carbocycles. The molecule has 0 radical (unpaired) electrons. The normalized spacial score (nSPS) is 16.4. The van der Waals surface area contributed by atoms with Crippen LogP contribution in [0.2, 0.25) is 0 Å². The first-order valence-electron chi connectivity index (χ1n) is 6.01. The van der Waals surface area contributed by atoms with Gasteiger partial charge in [-0.15, -0.1) is 0 Å². The molecule has 20 heavy (non-hydrogen) atoms. The van der Waals surface area contributed by atoms with E-state index in [1.165, 1.54) is 0 Å². The van der Waals surface area contributed by atoms with Gasteiger partial charge in [0.2, 0.25) is 0 Å². The molecule has 110 valence electrons. The van der Waals surface area contributed by atoms with E-state index < -0.39 is 31.3 Å². The summed E-state index contributed by atoms with van der Waals surface area (Å²) in [5.41, 5.74) is -0.516. The van der Waals surface area contributed by atoms with Gasteiger partial charge in [-0.3, -0.25) is 15.0 Å². The van der Waals surface area contributed by atoms with Crippen molar-refractivity contribution in [2.45, 2.75) is 36.7 Å². The average molecular weight is 304 g/mol. The van der Waals surface area contributed by atoms with E-state index >= 15 is 0 Å². The second-order valence-corrected chi connectivity index (χ2v) is 6.10. The Balaban J connectivity index is 2.14. The Morgan fingerprint density at radius 1 is 1.35 bits per heavy atom. The topological polar surface area (TPSA) is 98.5 Å². The molecule has 0 bridgehead atoms. The highest BCUT2D eigenvalue weighted by molar-refractivity contribution is 7.89. The minimum Gasteiger partial charge on any atom is -0.284 e. The third-order valence-corrected chi connectivity index (χ3v) is 4.27. The van der Waals surface area contributed by atoms with Crippen molar-refractivity contribution >= 4 is 15.7 Å². The maximum atomic E-state index is 13.6. The predicted octanol–water partition coefficient (Wildman–Crippen LogP) is 1.89. The van der Waals surface area contributed by atoms with Crippen molar-refractivity contribution in [2.75, 3.05) is 0 Å². The van der Waals surface area contributed by atoms with Gasteiger partial charge in [-0.1, -0.05) is 17.7 Å². The van der Waals surface area contributed by atoms with Crippen molar-refractivity contribution in [3.05, 3.63) is 34.1 Å². The summed E-state index contributed by atoms with van der Waals surface area (Å²) in [7, 11) is -4.19. The quantitative estimate of drug-likeness (QED) is 0.661. The van der Waals surface area contributed by atoms with Gasteiger partial charge in [0, 0.05) is 6.07 Å². The van der Waals surface area contributed by atoms with Crippen LogP contribution in [-0.2, 0) is 14.9 Å². The van der Waals surface area contributed by atoms with Gasteiger partial charge in [0.25, 0.3) is 15.7 Å². The summed E-state index contributed by atoms with van der Waals surface area (Å²) >= 11 is 0. The lowest BCUT2D eigenvalue weighted by Gasteiger charge is -2.12. The standard InChI is InChI=1S/C11H13FN2O5S/c12-10-7-8(14(15)16)5-6-11(10)20(17,18)13-19-9-3-1-2-4-9/h5-7,9,13H,1-4H2. The van der Waals surface area contributed by atoms with Crippen LogP contribution in [0.3, 0.4) is 0 Å². The first-order valence-corrected chi connectivity index (χ1v) is 7.50. The summed E-state index contributed by atoms with van der Waals surface area (Å²) in [5.74, 6) is -1.19. The van der Waals surface area contributed by atoms with E-state index in [1.807, 2.05) is 4.89 Å². The smallest absolute Gasteiger partial charge is 0.272 e. The van der Waals surface area contributed by atoms with E-state index in [4.69, 9.17) is 4.84 Å². The number of halogens is 1. The number of nitro benzene ring substituents is 1. The third-order valence-electron chi connectivity index (χ3n) is 3.04. The van der Waals surface area contributed by atoms with Crippen molar-refractivity contribution in [1.82, 2.24) is 4.89 Å². The monoisotopic (exact) mass is 304 g/mol. The molecule has 0 atom stereocenters. The van der Waals surface area contributed by atoms with E-state index in [2.05, 4.69) is 0 Å². The van der Waals surface area contributed by atoms with Gasteiger partial charge < -0.3 is 0 Å². The average Bonchev–Trinajstić information content (AvgIpc) is 2.89. The molecule has 1 aromatic rings. The Kier molecular flexibility index (Phi) is 4.31. The van der Waals surface area contributed by atoms with Gasteiger partial charge >= 0.3 is 0 Å². The van der Waals surface area contributed by atoms with Crippen LogP contribution in [0.4, 0.5) is 10.1 Å². The Labute approximate surface area is 114 Å². The lowest BCUT2D eigenvalue weighted by molar-refractivity contribution is -0.385. The Hall–Kier alpha value is -1.58. The highest BCUT2D eigenvalue weighted by Gasteiger charge is 2.24. The summed E-state index contributed by atoms with van der Waals surface area (Å²) < 4.78 is 37.3. The molecule has 1 aromatic carbocycles. The molecule has 0 spiro atoms. The number of sulfonamides is 1. The van der Waals surface area contributed by atoms with Crippen LogP contribution >= 0.6 is 0 Å². The zero-order valence-electron chi connectivity index (χ0n) is 10.4. The molecule has 7 nitrogen and oxygen atoms in total. The maximum Gasteiger partial charge on any atom is 0.272 e. The van der Waals surface area contributed by atoms with E-state index in [-0.39, 0.29) is 6.10 Å². The van der Waals surface area contributed by atoms with Crippen molar-refractivity contribution in [2.24, 2.45) is 0 Å². The molecule has 9 heteroatoms. The zero-order valence-corrected chi connectivity index (χ0v) is 11.2. The van der Waals surface area contributed by atoms with Gasteiger partial charge in [-0.2, -0.15) is 0 Å². The SMILES string of the molecule is O=[N+]([O-])c1ccc(S(=O)(=O)NOC2CCCC2)c(F)c1. The Morgan fingerprint density at radius 2 is 2.00 bits per heavy atom. The van der Waals surface area contributed by atoms with Crippen LogP contribution in [0.15, 0.2) is 23.1 Å². The molecule has 1 fully saturated rings. The summed E-state index contributed by atoms with van der Waals surface area (Å²) in [6.07, 6.45) is 3.18. The van der Waals surface area contributed by atoms with E-state index in [0.717, 1.165) is 37.8 Å². The molecule has 0 aliphatic heterocycles. The fourth-order valence-corrected chi connectivity index (χ4v) is 2.92. The molecule has 1 aliphatic rings. The first-order chi connectivity index (χ1) is 9.40. The molecule has 0 amide bonds. The number of benzene rings is 1. The van der Waals surface area contributed by atoms with Crippen molar-refractivity contribution in [3.8, 4) is 0 Å². The lowest BCUT2D eigenvalue weighted by atomic mass is 10.3. The van der Waals surface area contributed by atoms with Crippen LogP contribution in [0.1, 0.15) is 25.7 Å². The fraction of sp³-hybridized carbons (Fsp3) is 0.455. The Bertz CT molecular complexity index is 613. The molecule has 2 rings (SSSR count). The van der Waals surface area contributed by atoms with Gasteiger partial charge in [0.05, 0.1) is 17.1 Å². The second-order valence-electron chi connectivity index (χ2n) is 4.48. The minimum atomic E-state index is -4.19. The summed E-state index contributed by atoms with van der Waals surface area (Å²) in [4.78, 5) is 15.9. The second kappa shape index (κ2) is 5.81. The molecule has 0 saturated heterocycles. The van der Waals surface area contributed by atoms with Gasteiger partial charge in [0.15, 0.2) is 0 Å². The molecule has 0 heterocycles. The van der Waals surface area contributed by atoms with Gasteiger partial charge in [-0.05, 0) is 18.9 Å². The van der Waals surface area contributed by atoms with Gasteiger partial charge in [-0.25, -0.2) is 12.8 Å². The fourth-order valence-electron chi connectivity index (χ4n) is 2.00. The van der Waals surface area contributed by atoms with Crippen LogP contribution in [-0.4, -0.2) is 19.4 Å². The Morgan fingerprint density at radius 3 is 2.55 bits per heavy atom. The van der Waals surface area contributed by atoms with Gasteiger partial charge in [0.1, 0.15) is 10.7 Å². The number of nitrogens with zero attached hydrogens (tertiary/aromatic N) is 1. The zero-order chi connectivity index (χ0) is 14.8. The van der Waals surface area contributed by atoms with Crippen LogP contribution < -0.4 is 4.89 Å². The summed E-state index contributed by atoms with van der Waals surface area (Å²) in [6, 6.07) is 2.32. The first kappa shape index (κ1) is 14.8. The number of hydrogen-bond acceptors (Lipinski definition) is 5. The predicted molar refractivity (Wildman–Crippen MR) is 66.7 cm³/mol. The maximum absolute atomic E-state index is 13.6. The number of nitrogens with one attached hydrogen (secondary N) is 1. The number of nitro groups is 1. The number of hydrogen-bond donors (Lipinski definition) is 1. The van der Waals surface area contributed by atoms with Crippen molar-refractivity contribution < 1.29 is 22.6 Å². The molecular weight excluding hydrogens is 291 g/mol. The highest BCUT2D eigenvalue weighted by Crippen LogP contribution is 2.23. The van der Waals surface area contributed by atoms with Crippen LogP contribution in [0, 0.1) is 15.9 Å². The van der Waals surface area contributed by atoms with E-state index in [9.17, 15) is 22.9 Å². The van der Waals surface area contributed by atoms with Crippen LogP contribution in [0.25, 0.3) is 0 Å². The largest absolute Gasteiger partial charge is 0.284 e. The highest BCUT2D eigenvalue weighted by atomic mass is 32.2. The number of non-ortho nitro benzene ring substituents is 1. The summed E-state index contributed by atoms with van der Waals surface area (Å²) in [6.45, 7) is 0. The summed E-state index contributed by atoms with van der Waals surface area (Å²) in [5, 5.41) is 10.5. The molecule has 1 N–H and O–H groups in total. The van der Waals surface area contributed by atoms with Crippen molar-refractivity contribution in [3.63, 3.8) is 0 Å². The molecule has 0 aromatic heterocycles. The third kappa shape index (κ3) is 3.30. The molecular formula is C11H13FN2O5S. The van der Waals surface area contributed by atoms with Crippen LogP contribution in [0.5, 0.6) is 0 Å². The molecule has 0 unspecified atom stereocenters. The van der Waals surface area contributed by atoms with E-state index in [1.54, 1.807) is 0 Å². The lowest BCUT2D eigenvalue weighted by Crippen LogP contribution is -2.29. The minimum absolute atomic E-state index is 0.217. The number of rotatable bonds is 5. The van der Waals surface area contributed by atoms with E-state index in [0.29, 0.717) is 6.07 Å². The molecule has 1 aliphatic carbocycles.